The molecule has 0 aliphatic rings. The van der Waals surface area contributed by atoms with Gasteiger partial charge in [0.1, 0.15) is 5.75 Å². The SMILES string of the molecule is CC[C@@H](Oc1ccccc1)C(=O)OCC(=O)Nc1c(Cl)cccc1Cl. The Labute approximate surface area is 155 Å². The number of ether oxygens (including phenoxy) is 2. The van der Waals surface area contributed by atoms with Gasteiger partial charge in [0.2, 0.25) is 0 Å². The van der Waals surface area contributed by atoms with E-state index in [1.165, 1.54) is 0 Å². The van der Waals surface area contributed by atoms with Crippen molar-refractivity contribution in [2.24, 2.45) is 0 Å². The fourth-order valence-corrected chi connectivity index (χ4v) is 2.48. The monoisotopic (exact) mass is 381 g/mol. The van der Waals surface area contributed by atoms with E-state index in [2.05, 4.69) is 5.32 Å². The Kier molecular flexibility index (Phi) is 7.10. The van der Waals surface area contributed by atoms with E-state index in [1.54, 1.807) is 49.4 Å². The first-order valence-corrected chi connectivity index (χ1v) is 8.39. The Balaban J connectivity index is 1.88. The van der Waals surface area contributed by atoms with Crippen LogP contribution >= 0.6 is 23.2 Å². The van der Waals surface area contributed by atoms with Gasteiger partial charge in [-0.05, 0) is 30.7 Å². The number of anilines is 1. The summed E-state index contributed by atoms with van der Waals surface area (Å²) in [6.07, 6.45) is -0.384. The summed E-state index contributed by atoms with van der Waals surface area (Å²) in [6.45, 7) is 1.33. The van der Waals surface area contributed by atoms with Crippen LogP contribution in [0.2, 0.25) is 10.0 Å². The summed E-state index contributed by atoms with van der Waals surface area (Å²) < 4.78 is 10.6. The number of amides is 1. The Hall–Kier alpha value is -2.24. The van der Waals surface area contributed by atoms with E-state index >= 15 is 0 Å². The molecule has 25 heavy (non-hydrogen) atoms. The Morgan fingerprint density at radius 3 is 2.28 bits per heavy atom. The normalized spacial score (nSPS) is 11.5. The van der Waals surface area contributed by atoms with Crippen LogP contribution in [0.15, 0.2) is 48.5 Å². The first-order valence-electron chi connectivity index (χ1n) is 7.63. The van der Waals surface area contributed by atoms with Crippen LogP contribution < -0.4 is 10.1 Å². The van der Waals surface area contributed by atoms with Crippen LogP contribution in [-0.4, -0.2) is 24.6 Å². The van der Waals surface area contributed by atoms with Crippen molar-refractivity contribution in [1.29, 1.82) is 0 Å². The lowest BCUT2D eigenvalue weighted by Crippen LogP contribution is -2.31. The fraction of sp³-hybridized carbons (Fsp3) is 0.222. The predicted octanol–water partition coefficient (Wildman–Crippen LogP) is 4.33. The van der Waals surface area contributed by atoms with Gasteiger partial charge in [-0.25, -0.2) is 4.79 Å². The molecule has 0 bridgehead atoms. The maximum Gasteiger partial charge on any atom is 0.347 e. The molecule has 5 nitrogen and oxygen atoms in total. The van der Waals surface area contributed by atoms with Gasteiger partial charge < -0.3 is 14.8 Å². The fourth-order valence-electron chi connectivity index (χ4n) is 1.98. The highest BCUT2D eigenvalue weighted by molar-refractivity contribution is 6.39. The van der Waals surface area contributed by atoms with E-state index in [-0.39, 0.29) is 5.69 Å². The number of carbonyl (C=O) groups is 2. The largest absolute Gasteiger partial charge is 0.479 e. The third-order valence-corrected chi connectivity index (χ3v) is 3.86. The molecular weight excluding hydrogens is 365 g/mol. The summed E-state index contributed by atoms with van der Waals surface area (Å²) in [7, 11) is 0. The Morgan fingerprint density at radius 1 is 1.04 bits per heavy atom. The van der Waals surface area contributed by atoms with Crippen LogP contribution in [0.25, 0.3) is 0 Å². The van der Waals surface area contributed by atoms with Gasteiger partial charge in [-0.15, -0.1) is 0 Å². The number of benzene rings is 2. The van der Waals surface area contributed by atoms with E-state index in [0.717, 1.165) is 0 Å². The Morgan fingerprint density at radius 2 is 1.68 bits per heavy atom. The minimum absolute atomic E-state index is 0.277. The highest BCUT2D eigenvalue weighted by Gasteiger charge is 2.21. The van der Waals surface area contributed by atoms with Gasteiger partial charge in [0.05, 0.1) is 15.7 Å². The van der Waals surface area contributed by atoms with Gasteiger partial charge in [-0.2, -0.15) is 0 Å². The number of carbonyl (C=O) groups excluding carboxylic acids is 2. The molecule has 1 atom stereocenters. The average Bonchev–Trinajstić information content (AvgIpc) is 2.61. The van der Waals surface area contributed by atoms with E-state index in [4.69, 9.17) is 32.7 Å². The molecule has 1 N–H and O–H groups in total. The standard InChI is InChI=1S/C18H17Cl2NO4/c1-2-15(25-12-7-4-3-5-8-12)18(23)24-11-16(22)21-17-13(19)9-6-10-14(17)20/h3-10,15H,2,11H2,1H3,(H,21,22)/t15-/m1/s1. The van der Waals surface area contributed by atoms with Gasteiger partial charge in [-0.1, -0.05) is 54.4 Å². The zero-order chi connectivity index (χ0) is 18.2. The van der Waals surface area contributed by atoms with Crippen LogP contribution in [0, 0.1) is 0 Å². The molecule has 0 heterocycles. The molecule has 2 aromatic rings. The van der Waals surface area contributed by atoms with E-state index in [9.17, 15) is 9.59 Å². The maximum atomic E-state index is 12.1. The molecule has 2 rings (SSSR count). The number of halogens is 2. The first-order chi connectivity index (χ1) is 12.0. The van der Waals surface area contributed by atoms with Gasteiger partial charge in [0, 0.05) is 0 Å². The molecule has 132 valence electrons. The van der Waals surface area contributed by atoms with Crippen molar-refractivity contribution in [3.05, 3.63) is 58.6 Å². The van der Waals surface area contributed by atoms with Crippen molar-refractivity contribution in [2.45, 2.75) is 19.4 Å². The number of para-hydroxylation sites is 2. The van der Waals surface area contributed by atoms with Gasteiger partial charge in [0.25, 0.3) is 5.91 Å². The second-order valence-electron chi connectivity index (χ2n) is 5.08. The molecule has 0 aliphatic heterocycles. The molecule has 0 saturated heterocycles. The summed E-state index contributed by atoms with van der Waals surface area (Å²) in [5, 5.41) is 3.11. The molecule has 0 spiro atoms. The lowest BCUT2D eigenvalue weighted by atomic mass is 10.2. The van der Waals surface area contributed by atoms with Crippen molar-refractivity contribution in [2.75, 3.05) is 11.9 Å². The summed E-state index contributed by atoms with van der Waals surface area (Å²) >= 11 is 11.9. The molecule has 7 heteroatoms. The lowest BCUT2D eigenvalue weighted by Gasteiger charge is -2.16. The highest BCUT2D eigenvalue weighted by Crippen LogP contribution is 2.29. The van der Waals surface area contributed by atoms with Crippen LogP contribution in [0.5, 0.6) is 5.75 Å². The third kappa shape index (κ3) is 5.66. The van der Waals surface area contributed by atoms with E-state index < -0.39 is 24.6 Å². The van der Waals surface area contributed by atoms with Crippen LogP contribution in [-0.2, 0) is 14.3 Å². The van der Waals surface area contributed by atoms with Crippen molar-refractivity contribution >= 4 is 40.8 Å². The van der Waals surface area contributed by atoms with E-state index in [0.29, 0.717) is 22.2 Å². The average molecular weight is 382 g/mol. The van der Waals surface area contributed by atoms with Crippen molar-refractivity contribution < 1.29 is 19.1 Å². The second-order valence-corrected chi connectivity index (χ2v) is 5.89. The minimum Gasteiger partial charge on any atom is -0.479 e. The van der Waals surface area contributed by atoms with E-state index in [1.807, 2.05) is 6.07 Å². The van der Waals surface area contributed by atoms with Crippen LogP contribution in [0.1, 0.15) is 13.3 Å². The Bertz CT molecular complexity index is 717. The second kappa shape index (κ2) is 9.30. The predicted molar refractivity (Wildman–Crippen MR) is 97.2 cm³/mol. The molecule has 2 aromatic carbocycles. The number of nitrogens with one attached hydrogen (secondary N) is 1. The summed E-state index contributed by atoms with van der Waals surface area (Å²) in [5.41, 5.74) is 0.277. The number of rotatable bonds is 7. The van der Waals surface area contributed by atoms with Crippen molar-refractivity contribution in [3.8, 4) is 5.75 Å². The zero-order valence-electron chi connectivity index (χ0n) is 13.5. The summed E-state index contributed by atoms with van der Waals surface area (Å²) in [5.74, 6) is -0.608. The molecule has 0 aliphatic carbocycles. The first kappa shape index (κ1) is 19.1. The highest BCUT2D eigenvalue weighted by atomic mass is 35.5. The quantitative estimate of drug-likeness (QED) is 0.724. The van der Waals surface area contributed by atoms with Gasteiger partial charge >= 0.3 is 5.97 Å². The lowest BCUT2D eigenvalue weighted by molar-refractivity contribution is -0.154. The molecule has 0 radical (unpaired) electrons. The number of esters is 1. The molecule has 0 fully saturated rings. The van der Waals surface area contributed by atoms with Crippen molar-refractivity contribution in [1.82, 2.24) is 0 Å². The molecule has 0 unspecified atom stereocenters. The number of hydrogen-bond donors (Lipinski definition) is 1. The van der Waals surface area contributed by atoms with Gasteiger partial charge in [0.15, 0.2) is 12.7 Å². The minimum atomic E-state index is -0.792. The molecular formula is C18H17Cl2NO4. The molecule has 0 saturated carbocycles. The van der Waals surface area contributed by atoms with Crippen LogP contribution in [0.4, 0.5) is 5.69 Å². The topological polar surface area (TPSA) is 64.6 Å². The molecule has 1 amide bonds. The van der Waals surface area contributed by atoms with Gasteiger partial charge in [-0.3, -0.25) is 4.79 Å². The smallest absolute Gasteiger partial charge is 0.347 e. The third-order valence-electron chi connectivity index (χ3n) is 3.23. The maximum absolute atomic E-state index is 12.1. The van der Waals surface area contributed by atoms with Crippen LogP contribution in [0.3, 0.4) is 0 Å². The number of hydrogen-bond acceptors (Lipinski definition) is 4. The molecule has 0 aromatic heterocycles. The van der Waals surface area contributed by atoms with Crippen molar-refractivity contribution in [3.63, 3.8) is 0 Å². The summed E-state index contributed by atoms with van der Waals surface area (Å²) in [4.78, 5) is 24.0. The zero-order valence-corrected chi connectivity index (χ0v) is 15.0. The summed E-state index contributed by atoms with van der Waals surface area (Å²) in [6, 6.07) is 13.8.